The van der Waals surface area contributed by atoms with Crippen LogP contribution in [0.1, 0.15) is 27.7 Å². The Kier molecular flexibility index (Phi) is 10.5. The van der Waals surface area contributed by atoms with Gasteiger partial charge in [0.15, 0.2) is 0 Å². The van der Waals surface area contributed by atoms with Gasteiger partial charge in [-0.3, -0.25) is 4.79 Å². The normalized spacial score (nSPS) is 10.2. The highest BCUT2D eigenvalue weighted by Crippen LogP contribution is 2.07. The maximum Gasteiger partial charge on any atom is 0.407 e. The number of amides is 1. The van der Waals surface area contributed by atoms with Gasteiger partial charge in [-0.15, -0.1) is 0 Å². The van der Waals surface area contributed by atoms with Gasteiger partial charge in [0, 0.05) is 32.9 Å². The minimum absolute atomic E-state index is 0.0762. The molecule has 0 unspecified atom stereocenters. The predicted molar refractivity (Wildman–Crippen MR) is 98.6 cm³/mol. The van der Waals surface area contributed by atoms with Crippen LogP contribution >= 0.6 is 0 Å². The summed E-state index contributed by atoms with van der Waals surface area (Å²) < 4.78 is 5.02. The lowest BCUT2D eigenvalue weighted by Gasteiger charge is -2.19. The summed E-state index contributed by atoms with van der Waals surface area (Å²) >= 11 is 0. The van der Waals surface area contributed by atoms with Gasteiger partial charge in [-0.2, -0.15) is 0 Å². The van der Waals surface area contributed by atoms with Crippen molar-refractivity contribution in [2.75, 3.05) is 38.6 Å². The number of alkyl carbamates (subject to hydrolysis) is 1. The van der Waals surface area contributed by atoms with E-state index in [0.29, 0.717) is 19.6 Å². The Hall–Kier alpha value is -2.08. The molecule has 0 bridgehead atoms. The number of anilines is 1. The van der Waals surface area contributed by atoms with Gasteiger partial charge in [0.2, 0.25) is 0 Å². The molecule has 1 rings (SSSR count). The number of carbonyl (C=O) groups excluding carboxylic acids is 2. The number of hydrogen-bond donors (Lipinski definition) is 2. The van der Waals surface area contributed by atoms with Gasteiger partial charge in [-0.1, -0.05) is 18.2 Å². The van der Waals surface area contributed by atoms with Gasteiger partial charge in [-0.05, 0) is 39.8 Å². The number of ether oxygens (including phenoxy) is 1. The Balaban J connectivity index is 0.000000496. The van der Waals surface area contributed by atoms with Crippen molar-refractivity contribution < 1.29 is 14.3 Å². The van der Waals surface area contributed by atoms with Crippen LogP contribution in [0.15, 0.2) is 30.3 Å². The number of ketones is 1. The molecule has 0 aromatic heterocycles. The minimum atomic E-state index is -0.475. The van der Waals surface area contributed by atoms with Crippen molar-refractivity contribution in [3.8, 4) is 0 Å². The number of rotatable bonds is 6. The molecule has 1 aromatic rings. The summed E-state index contributed by atoms with van der Waals surface area (Å²) in [5.41, 5.74) is 0.772. The molecule has 0 aliphatic carbocycles. The number of para-hydroxylation sites is 1. The Labute approximate surface area is 145 Å². The molecule has 0 saturated heterocycles. The van der Waals surface area contributed by atoms with Crippen LogP contribution in [0.3, 0.4) is 0 Å². The highest BCUT2D eigenvalue weighted by Gasteiger charge is 2.15. The van der Waals surface area contributed by atoms with E-state index < -0.39 is 11.7 Å². The lowest BCUT2D eigenvalue weighted by Crippen LogP contribution is -2.37. The SMILES string of the molecule is CC(=O)CNCCNC(=O)OC(C)(C)C.CN(C)c1ccccc1. The number of carbonyl (C=O) groups is 2. The molecule has 6 nitrogen and oxygen atoms in total. The van der Waals surface area contributed by atoms with Crippen molar-refractivity contribution in [1.29, 1.82) is 0 Å². The topological polar surface area (TPSA) is 70.7 Å². The molecule has 2 N–H and O–H groups in total. The van der Waals surface area contributed by atoms with Crippen LogP contribution in [-0.2, 0) is 9.53 Å². The first-order valence-electron chi connectivity index (χ1n) is 8.01. The van der Waals surface area contributed by atoms with E-state index in [2.05, 4.69) is 27.7 Å². The van der Waals surface area contributed by atoms with Gasteiger partial charge < -0.3 is 20.3 Å². The maximum absolute atomic E-state index is 11.1. The van der Waals surface area contributed by atoms with E-state index >= 15 is 0 Å². The number of benzene rings is 1. The summed E-state index contributed by atoms with van der Waals surface area (Å²) in [6, 6.07) is 10.3. The van der Waals surface area contributed by atoms with Crippen LogP contribution in [0.2, 0.25) is 0 Å². The molecule has 24 heavy (non-hydrogen) atoms. The van der Waals surface area contributed by atoms with Crippen LogP contribution < -0.4 is 15.5 Å². The zero-order valence-corrected chi connectivity index (χ0v) is 15.7. The van der Waals surface area contributed by atoms with Crippen molar-refractivity contribution in [2.45, 2.75) is 33.3 Å². The molecule has 0 spiro atoms. The summed E-state index contributed by atoms with van der Waals surface area (Å²) in [5.74, 6) is 0.0762. The molecule has 1 amide bonds. The molecule has 0 aliphatic heterocycles. The monoisotopic (exact) mass is 337 g/mol. The maximum atomic E-state index is 11.1. The quantitative estimate of drug-likeness (QED) is 0.780. The van der Waals surface area contributed by atoms with E-state index in [1.165, 1.54) is 12.6 Å². The largest absolute Gasteiger partial charge is 0.444 e. The van der Waals surface area contributed by atoms with Crippen LogP contribution in [0.4, 0.5) is 10.5 Å². The van der Waals surface area contributed by atoms with Gasteiger partial charge >= 0.3 is 6.09 Å². The second-order valence-electron chi connectivity index (χ2n) is 6.54. The van der Waals surface area contributed by atoms with Crippen molar-refractivity contribution in [3.63, 3.8) is 0 Å². The third kappa shape index (κ3) is 13.6. The van der Waals surface area contributed by atoms with Gasteiger partial charge in [-0.25, -0.2) is 4.79 Å². The minimum Gasteiger partial charge on any atom is -0.444 e. The number of nitrogens with one attached hydrogen (secondary N) is 2. The Morgan fingerprint density at radius 3 is 2.08 bits per heavy atom. The first kappa shape index (κ1) is 21.9. The summed E-state index contributed by atoms with van der Waals surface area (Å²) in [4.78, 5) is 23.8. The third-order valence-corrected chi connectivity index (χ3v) is 2.62. The Morgan fingerprint density at radius 1 is 1.08 bits per heavy atom. The standard InChI is InChI=1S/C10H20N2O3.C8H11N/c1-8(13)7-11-5-6-12-9(14)15-10(2,3)4;1-9(2)8-6-4-3-5-7-8/h11H,5-7H2,1-4H3,(H,12,14);3-7H,1-2H3. The molecule has 136 valence electrons. The molecule has 1 aromatic carbocycles. The van der Waals surface area contributed by atoms with E-state index in [9.17, 15) is 9.59 Å². The summed E-state index contributed by atoms with van der Waals surface area (Å²) in [6.07, 6.45) is -0.438. The molecule has 0 atom stereocenters. The Morgan fingerprint density at radius 2 is 1.67 bits per heavy atom. The molecule has 6 heteroatoms. The highest BCUT2D eigenvalue weighted by molar-refractivity contribution is 5.77. The summed E-state index contributed by atoms with van der Waals surface area (Å²) in [6.45, 7) is 8.26. The van der Waals surface area contributed by atoms with Gasteiger partial charge in [0.1, 0.15) is 11.4 Å². The molecular formula is C18H31N3O3. The van der Waals surface area contributed by atoms with Crippen molar-refractivity contribution in [2.24, 2.45) is 0 Å². The molecular weight excluding hydrogens is 306 g/mol. The molecule has 0 radical (unpaired) electrons. The van der Waals surface area contributed by atoms with Crippen molar-refractivity contribution in [1.82, 2.24) is 10.6 Å². The lowest BCUT2D eigenvalue weighted by molar-refractivity contribution is -0.116. The van der Waals surface area contributed by atoms with E-state index in [0.717, 1.165) is 0 Å². The zero-order chi connectivity index (χ0) is 18.6. The second-order valence-corrected chi connectivity index (χ2v) is 6.54. The number of Topliss-reactive ketones (excluding diaryl/α,β-unsaturated/α-hetero) is 1. The van der Waals surface area contributed by atoms with Crippen LogP contribution in [0.5, 0.6) is 0 Å². The highest BCUT2D eigenvalue weighted by atomic mass is 16.6. The molecule has 0 fully saturated rings. The summed E-state index contributed by atoms with van der Waals surface area (Å²) in [7, 11) is 4.07. The van der Waals surface area contributed by atoms with E-state index in [4.69, 9.17) is 4.74 Å². The molecule has 0 heterocycles. The number of nitrogens with zero attached hydrogens (tertiary/aromatic N) is 1. The van der Waals surface area contributed by atoms with Crippen LogP contribution in [0.25, 0.3) is 0 Å². The summed E-state index contributed by atoms with van der Waals surface area (Å²) in [5, 5.41) is 5.46. The average molecular weight is 337 g/mol. The second kappa shape index (κ2) is 11.5. The van der Waals surface area contributed by atoms with Crippen LogP contribution in [-0.4, -0.2) is 51.2 Å². The fraction of sp³-hybridized carbons (Fsp3) is 0.556. The van der Waals surface area contributed by atoms with Gasteiger partial charge in [0.05, 0.1) is 6.54 Å². The fourth-order valence-corrected chi connectivity index (χ4v) is 1.56. The van der Waals surface area contributed by atoms with E-state index in [1.54, 1.807) is 20.8 Å². The van der Waals surface area contributed by atoms with Gasteiger partial charge in [0.25, 0.3) is 0 Å². The van der Waals surface area contributed by atoms with Crippen molar-refractivity contribution in [3.05, 3.63) is 30.3 Å². The first-order valence-corrected chi connectivity index (χ1v) is 8.01. The lowest BCUT2D eigenvalue weighted by atomic mass is 10.2. The van der Waals surface area contributed by atoms with E-state index in [-0.39, 0.29) is 5.78 Å². The van der Waals surface area contributed by atoms with E-state index in [1.807, 2.05) is 32.3 Å². The molecule has 0 saturated carbocycles. The average Bonchev–Trinajstić information content (AvgIpc) is 2.46. The van der Waals surface area contributed by atoms with Crippen LogP contribution in [0, 0.1) is 0 Å². The first-order chi connectivity index (χ1) is 11.1. The fourth-order valence-electron chi connectivity index (χ4n) is 1.56. The molecule has 0 aliphatic rings. The third-order valence-electron chi connectivity index (χ3n) is 2.62. The van der Waals surface area contributed by atoms with Crippen molar-refractivity contribution >= 4 is 17.6 Å². The number of hydrogen-bond acceptors (Lipinski definition) is 5. The Bertz CT molecular complexity index is 482. The zero-order valence-electron chi connectivity index (χ0n) is 15.7. The predicted octanol–water partition coefficient (Wildman–Crippen LogP) is 2.44. The smallest absolute Gasteiger partial charge is 0.407 e.